The maximum atomic E-state index is 12.5. The second-order valence-electron chi connectivity index (χ2n) is 6.77. The van der Waals surface area contributed by atoms with E-state index in [-0.39, 0.29) is 6.10 Å². The number of rotatable bonds is 6. The Morgan fingerprint density at radius 2 is 1.89 bits per heavy atom. The normalized spacial score (nSPS) is 18.1. The van der Waals surface area contributed by atoms with Gasteiger partial charge in [0.15, 0.2) is 5.82 Å². The van der Waals surface area contributed by atoms with E-state index in [4.69, 9.17) is 4.74 Å². The highest BCUT2D eigenvalue weighted by molar-refractivity contribution is 7.92. The molecular weight excluding hydrogens is 364 g/mol. The fourth-order valence-corrected chi connectivity index (χ4v) is 3.97. The summed E-state index contributed by atoms with van der Waals surface area (Å²) in [7, 11) is 0.285. The lowest BCUT2D eigenvalue weighted by atomic mass is 10.2. The molecule has 1 saturated heterocycles. The lowest BCUT2D eigenvalue weighted by molar-refractivity contribution is 0.205. The van der Waals surface area contributed by atoms with Crippen molar-refractivity contribution < 1.29 is 13.2 Å². The van der Waals surface area contributed by atoms with Gasteiger partial charge in [-0.2, -0.15) is 4.31 Å². The quantitative estimate of drug-likeness (QED) is 0.756. The Hall–Kier alpha value is -2.45. The van der Waals surface area contributed by atoms with Gasteiger partial charge in [-0.1, -0.05) is 29.8 Å². The average molecular weight is 388 g/mol. The van der Waals surface area contributed by atoms with Gasteiger partial charge in [0.25, 0.3) is 0 Å². The standard InChI is InChI=1S/C19H24N4O3S/c1-15-4-6-16(7-5-15)11-13-27(24,25)23-12-10-17(14-23)26-19-9-8-18(20-21-19)22(2)3/h4-9,11,13,17H,10,12,14H2,1-3H3/b13-11+. The minimum Gasteiger partial charge on any atom is -0.472 e. The third kappa shape index (κ3) is 5.05. The van der Waals surface area contributed by atoms with Crippen LogP contribution in [0.4, 0.5) is 5.82 Å². The highest BCUT2D eigenvalue weighted by Crippen LogP contribution is 2.21. The first-order valence-corrected chi connectivity index (χ1v) is 10.3. The molecule has 144 valence electrons. The Bertz CT molecular complexity index is 894. The Morgan fingerprint density at radius 3 is 2.52 bits per heavy atom. The van der Waals surface area contributed by atoms with Crippen LogP contribution in [0.15, 0.2) is 41.8 Å². The van der Waals surface area contributed by atoms with Crippen LogP contribution < -0.4 is 9.64 Å². The summed E-state index contributed by atoms with van der Waals surface area (Å²) in [6.45, 7) is 2.72. The summed E-state index contributed by atoms with van der Waals surface area (Å²) in [6, 6.07) is 11.3. The Balaban J connectivity index is 1.59. The van der Waals surface area contributed by atoms with Gasteiger partial charge in [-0.15, -0.1) is 10.2 Å². The van der Waals surface area contributed by atoms with Crippen LogP contribution in [0.2, 0.25) is 0 Å². The van der Waals surface area contributed by atoms with Crippen molar-refractivity contribution in [2.24, 2.45) is 0 Å². The second-order valence-corrected chi connectivity index (χ2v) is 8.59. The zero-order valence-corrected chi connectivity index (χ0v) is 16.6. The lowest BCUT2D eigenvalue weighted by Gasteiger charge is -2.15. The van der Waals surface area contributed by atoms with Gasteiger partial charge in [-0.05, 0) is 31.1 Å². The molecule has 0 bridgehead atoms. The SMILES string of the molecule is Cc1ccc(/C=C/S(=O)(=O)N2CCC(Oc3ccc(N(C)C)nn3)C2)cc1. The highest BCUT2D eigenvalue weighted by Gasteiger charge is 2.31. The van der Waals surface area contributed by atoms with E-state index < -0.39 is 10.0 Å². The fourth-order valence-electron chi connectivity index (χ4n) is 2.74. The van der Waals surface area contributed by atoms with Gasteiger partial charge in [-0.25, -0.2) is 8.42 Å². The van der Waals surface area contributed by atoms with Gasteiger partial charge in [0, 0.05) is 32.1 Å². The average Bonchev–Trinajstić information content (AvgIpc) is 3.11. The Kier molecular flexibility index (Phi) is 5.76. The maximum Gasteiger partial charge on any atom is 0.236 e. The number of aryl methyl sites for hydroxylation is 1. The second kappa shape index (κ2) is 8.06. The first-order chi connectivity index (χ1) is 12.8. The summed E-state index contributed by atoms with van der Waals surface area (Å²) in [6.07, 6.45) is 2.01. The van der Waals surface area contributed by atoms with Crippen LogP contribution in [0.3, 0.4) is 0 Å². The van der Waals surface area contributed by atoms with Crippen molar-refractivity contribution in [2.75, 3.05) is 32.1 Å². The zero-order valence-electron chi connectivity index (χ0n) is 15.7. The minimum atomic E-state index is -3.48. The largest absolute Gasteiger partial charge is 0.472 e. The van der Waals surface area contributed by atoms with Gasteiger partial charge >= 0.3 is 0 Å². The third-order valence-corrected chi connectivity index (χ3v) is 5.88. The lowest BCUT2D eigenvalue weighted by Crippen LogP contribution is -2.29. The van der Waals surface area contributed by atoms with Crippen molar-refractivity contribution in [3.63, 3.8) is 0 Å². The first-order valence-electron chi connectivity index (χ1n) is 8.76. The van der Waals surface area contributed by atoms with E-state index in [1.807, 2.05) is 56.3 Å². The van der Waals surface area contributed by atoms with E-state index in [9.17, 15) is 8.42 Å². The number of nitrogens with zero attached hydrogens (tertiary/aromatic N) is 4. The van der Waals surface area contributed by atoms with Crippen molar-refractivity contribution in [3.8, 4) is 5.88 Å². The third-order valence-electron chi connectivity index (χ3n) is 4.35. The number of hydrogen-bond acceptors (Lipinski definition) is 6. The molecule has 2 heterocycles. The molecule has 1 atom stereocenters. The van der Waals surface area contributed by atoms with Crippen molar-refractivity contribution in [2.45, 2.75) is 19.4 Å². The molecule has 1 aromatic heterocycles. The van der Waals surface area contributed by atoms with E-state index in [1.165, 1.54) is 9.71 Å². The van der Waals surface area contributed by atoms with Gasteiger partial charge < -0.3 is 9.64 Å². The summed E-state index contributed by atoms with van der Waals surface area (Å²) < 4.78 is 32.3. The van der Waals surface area contributed by atoms with Crippen LogP contribution in [0.1, 0.15) is 17.5 Å². The number of hydrogen-bond donors (Lipinski definition) is 0. The van der Waals surface area contributed by atoms with Crippen molar-refractivity contribution in [3.05, 3.63) is 52.9 Å². The van der Waals surface area contributed by atoms with Crippen LogP contribution in [0.5, 0.6) is 5.88 Å². The summed E-state index contributed by atoms with van der Waals surface area (Å²) in [5, 5.41) is 9.36. The number of aromatic nitrogens is 2. The van der Waals surface area contributed by atoms with Gasteiger partial charge in [0.1, 0.15) is 6.10 Å². The van der Waals surface area contributed by atoms with Crippen molar-refractivity contribution >= 4 is 21.9 Å². The molecule has 0 radical (unpaired) electrons. The Morgan fingerprint density at radius 1 is 1.15 bits per heavy atom. The molecule has 0 amide bonds. The fraction of sp³-hybridized carbons (Fsp3) is 0.368. The molecule has 1 aliphatic heterocycles. The summed E-state index contributed by atoms with van der Waals surface area (Å²) in [4.78, 5) is 1.85. The molecule has 1 aliphatic rings. The molecule has 0 spiro atoms. The molecule has 2 aromatic rings. The van der Waals surface area contributed by atoms with Crippen LogP contribution in [-0.4, -0.2) is 56.2 Å². The van der Waals surface area contributed by atoms with Gasteiger partial charge in [0.05, 0.1) is 6.54 Å². The smallest absolute Gasteiger partial charge is 0.236 e. The van der Waals surface area contributed by atoms with Gasteiger partial charge in [0.2, 0.25) is 15.9 Å². The molecule has 8 heteroatoms. The van der Waals surface area contributed by atoms with Crippen LogP contribution in [0.25, 0.3) is 6.08 Å². The summed E-state index contributed by atoms with van der Waals surface area (Å²) >= 11 is 0. The number of benzene rings is 1. The maximum absolute atomic E-state index is 12.5. The van der Waals surface area contributed by atoms with Crippen molar-refractivity contribution in [1.29, 1.82) is 0 Å². The van der Waals surface area contributed by atoms with Crippen LogP contribution in [-0.2, 0) is 10.0 Å². The number of ether oxygens (including phenoxy) is 1. The van der Waals surface area contributed by atoms with Gasteiger partial charge in [-0.3, -0.25) is 0 Å². The van der Waals surface area contributed by atoms with Crippen LogP contribution >= 0.6 is 0 Å². The van der Waals surface area contributed by atoms with E-state index >= 15 is 0 Å². The first kappa shape index (κ1) is 19.3. The zero-order chi connectivity index (χ0) is 19.4. The van der Waals surface area contributed by atoms with E-state index in [0.29, 0.717) is 25.4 Å². The predicted molar refractivity (Wildman–Crippen MR) is 106 cm³/mol. The molecule has 3 rings (SSSR count). The predicted octanol–water partition coefficient (Wildman–Crippen LogP) is 2.30. The van der Waals surface area contributed by atoms with Crippen molar-refractivity contribution in [1.82, 2.24) is 14.5 Å². The summed E-state index contributed by atoms with van der Waals surface area (Å²) in [5.74, 6) is 1.14. The van der Waals surface area contributed by atoms with Crippen LogP contribution in [0, 0.1) is 6.92 Å². The van der Waals surface area contributed by atoms with E-state index in [1.54, 1.807) is 12.1 Å². The highest BCUT2D eigenvalue weighted by atomic mass is 32.2. The molecule has 1 aromatic carbocycles. The molecule has 0 aliphatic carbocycles. The monoisotopic (exact) mass is 388 g/mol. The molecule has 27 heavy (non-hydrogen) atoms. The molecule has 1 unspecified atom stereocenters. The Labute approximate surface area is 160 Å². The van der Waals surface area contributed by atoms with E-state index in [2.05, 4.69) is 10.2 Å². The molecule has 0 N–H and O–H groups in total. The summed E-state index contributed by atoms with van der Waals surface area (Å²) in [5.41, 5.74) is 1.99. The minimum absolute atomic E-state index is 0.230. The molecule has 7 nitrogen and oxygen atoms in total. The van der Waals surface area contributed by atoms with E-state index in [0.717, 1.165) is 16.9 Å². The number of anilines is 1. The molecule has 0 saturated carbocycles. The topological polar surface area (TPSA) is 75.6 Å². The molecule has 1 fully saturated rings. The molecular formula is C19H24N4O3S. The number of sulfonamides is 1.